The largest absolute Gasteiger partial charge is 0.352 e. The van der Waals surface area contributed by atoms with Crippen molar-refractivity contribution in [1.29, 1.82) is 0 Å². The summed E-state index contributed by atoms with van der Waals surface area (Å²) in [6.07, 6.45) is 1.92. The van der Waals surface area contributed by atoms with E-state index in [0.717, 1.165) is 11.1 Å². The minimum Gasteiger partial charge on any atom is -0.352 e. The maximum atomic E-state index is 13.4. The Balaban J connectivity index is 1.47. The van der Waals surface area contributed by atoms with Gasteiger partial charge in [-0.1, -0.05) is 36.3 Å². The molecule has 0 aliphatic carbocycles. The molecular formula is C23H28N4O4S2. The Morgan fingerprint density at radius 1 is 1.30 bits per heavy atom. The van der Waals surface area contributed by atoms with Gasteiger partial charge in [0.05, 0.1) is 15.7 Å². The molecule has 1 unspecified atom stereocenters. The zero-order valence-electron chi connectivity index (χ0n) is 19.0. The lowest BCUT2D eigenvalue weighted by molar-refractivity contribution is -0.126. The molecule has 10 heteroatoms. The minimum atomic E-state index is -3.74. The second-order valence-electron chi connectivity index (χ2n) is 8.24. The zero-order chi connectivity index (χ0) is 23.6. The number of carbonyl (C=O) groups excluding carboxylic acids is 1. The van der Waals surface area contributed by atoms with Crippen molar-refractivity contribution in [1.82, 2.24) is 19.8 Å². The maximum absolute atomic E-state index is 13.4. The molecule has 1 saturated heterocycles. The molecule has 0 saturated carbocycles. The number of piperidine rings is 1. The standard InChI is InChI=1S/C23H28N4O4S2/c1-4-21-25-22(26-31-21)19-12-20(16(3)32-19)33(29,30)27-11-7-10-18(14-27)23(28)24-13-17-9-6-5-8-15(17)2/h5-6,8-9,12,18H,4,7,10-11,13-14H2,1-3H3,(H,24,28). The van der Waals surface area contributed by atoms with Crippen LogP contribution in [0, 0.1) is 19.8 Å². The van der Waals surface area contributed by atoms with E-state index < -0.39 is 10.0 Å². The number of nitrogens with zero attached hydrogens (tertiary/aromatic N) is 3. The van der Waals surface area contributed by atoms with Crippen LogP contribution in [0.4, 0.5) is 0 Å². The van der Waals surface area contributed by atoms with Gasteiger partial charge in [-0.05, 0) is 43.9 Å². The quantitative estimate of drug-likeness (QED) is 0.544. The van der Waals surface area contributed by atoms with Gasteiger partial charge in [0.25, 0.3) is 0 Å². The van der Waals surface area contributed by atoms with Crippen LogP contribution in [0.1, 0.15) is 41.7 Å². The lowest BCUT2D eigenvalue weighted by Gasteiger charge is -2.31. The van der Waals surface area contributed by atoms with Crippen molar-refractivity contribution in [3.8, 4) is 10.7 Å². The molecule has 2 aromatic heterocycles. The number of rotatable bonds is 7. The summed E-state index contributed by atoms with van der Waals surface area (Å²) in [5.41, 5.74) is 2.17. The minimum absolute atomic E-state index is 0.111. The van der Waals surface area contributed by atoms with E-state index in [4.69, 9.17) is 4.52 Å². The van der Waals surface area contributed by atoms with Crippen molar-refractivity contribution in [3.63, 3.8) is 0 Å². The molecule has 3 aromatic rings. The third-order valence-electron chi connectivity index (χ3n) is 5.95. The smallest absolute Gasteiger partial charge is 0.244 e. The van der Waals surface area contributed by atoms with Crippen LogP contribution in [0.2, 0.25) is 0 Å². The van der Waals surface area contributed by atoms with Gasteiger partial charge >= 0.3 is 0 Å². The van der Waals surface area contributed by atoms with Crippen LogP contribution in [0.25, 0.3) is 10.7 Å². The average Bonchev–Trinajstić information content (AvgIpc) is 3.45. The monoisotopic (exact) mass is 488 g/mol. The normalized spacial score (nSPS) is 17.2. The number of thiophene rings is 1. The van der Waals surface area contributed by atoms with Crippen LogP contribution in [0.15, 0.2) is 39.8 Å². The van der Waals surface area contributed by atoms with E-state index >= 15 is 0 Å². The number of hydrogen-bond donors (Lipinski definition) is 1. The van der Waals surface area contributed by atoms with Crippen LogP contribution >= 0.6 is 11.3 Å². The van der Waals surface area contributed by atoms with Gasteiger partial charge in [-0.25, -0.2) is 8.42 Å². The van der Waals surface area contributed by atoms with E-state index in [-0.39, 0.29) is 23.3 Å². The molecule has 8 nitrogen and oxygen atoms in total. The van der Waals surface area contributed by atoms with Gasteiger partial charge in [-0.3, -0.25) is 4.79 Å². The highest BCUT2D eigenvalue weighted by molar-refractivity contribution is 7.89. The fourth-order valence-corrected chi connectivity index (χ4v) is 6.99. The van der Waals surface area contributed by atoms with Gasteiger partial charge in [0.1, 0.15) is 0 Å². The van der Waals surface area contributed by atoms with E-state index in [2.05, 4.69) is 15.5 Å². The molecule has 1 aliphatic heterocycles. The Morgan fingerprint density at radius 2 is 2.09 bits per heavy atom. The Hall–Kier alpha value is -2.56. The van der Waals surface area contributed by atoms with Crippen LogP contribution in [-0.2, 0) is 27.8 Å². The topological polar surface area (TPSA) is 105 Å². The molecule has 33 heavy (non-hydrogen) atoms. The van der Waals surface area contributed by atoms with Crippen LogP contribution in [0.5, 0.6) is 0 Å². The summed E-state index contributed by atoms with van der Waals surface area (Å²) in [6.45, 7) is 6.71. The Bertz CT molecular complexity index is 1250. The van der Waals surface area contributed by atoms with Gasteiger partial charge in [-0.15, -0.1) is 11.3 Å². The highest BCUT2D eigenvalue weighted by Crippen LogP contribution is 2.35. The van der Waals surface area contributed by atoms with E-state index in [1.807, 2.05) is 38.1 Å². The fraction of sp³-hybridized carbons (Fsp3) is 0.435. The van der Waals surface area contributed by atoms with E-state index in [0.29, 0.717) is 53.8 Å². The molecule has 1 atom stereocenters. The van der Waals surface area contributed by atoms with Gasteiger partial charge in [0, 0.05) is 30.9 Å². The summed E-state index contributed by atoms with van der Waals surface area (Å²) in [5, 5.41) is 6.94. The zero-order valence-corrected chi connectivity index (χ0v) is 20.6. The van der Waals surface area contributed by atoms with Crippen molar-refractivity contribution in [3.05, 3.63) is 52.2 Å². The van der Waals surface area contributed by atoms with Crippen LogP contribution < -0.4 is 5.32 Å². The molecule has 0 spiro atoms. The second kappa shape index (κ2) is 9.74. The molecule has 1 amide bonds. The highest BCUT2D eigenvalue weighted by Gasteiger charge is 2.35. The molecule has 1 N–H and O–H groups in total. The summed E-state index contributed by atoms with van der Waals surface area (Å²) in [6, 6.07) is 9.51. The molecule has 1 aromatic carbocycles. The first-order chi connectivity index (χ1) is 15.8. The SMILES string of the molecule is CCc1nc(-c2cc(S(=O)(=O)N3CCCC(C(=O)NCc4ccccc4C)C3)c(C)s2)no1. The Kier molecular flexibility index (Phi) is 6.96. The number of aromatic nitrogens is 2. The number of hydrogen-bond acceptors (Lipinski definition) is 7. The molecule has 1 aliphatic rings. The van der Waals surface area contributed by atoms with Crippen molar-refractivity contribution < 1.29 is 17.7 Å². The fourth-order valence-electron chi connectivity index (χ4n) is 3.98. The third kappa shape index (κ3) is 5.02. The van der Waals surface area contributed by atoms with E-state index in [9.17, 15) is 13.2 Å². The number of sulfonamides is 1. The van der Waals surface area contributed by atoms with Crippen LogP contribution in [-0.4, -0.2) is 41.9 Å². The van der Waals surface area contributed by atoms with Crippen LogP contribution in [0.3, 0.4) is 0 Å². The summed E-state index contributed by atoms with van der Waals surface area (Å²) < 4.78 is 33.5. The summed E-state index contributed by atoms with van der Waals surface area (Å²) in [7, 11) is -3.74. The summed E-state index contributed by atoms with van der Waals surface area (Å²) >= 11 is 1.33. The van der Waals surface area contributed by atoms with E-state index in [1.165, 1.54) is 15.6 Å². The number of aryl methyl sites for hydroxylation is 3. The maximum Gasteiger partial charge on any atom is 0.244 e. The van der Waals surface area contributed by atoms with E-state index in [1.54, 1.807) is 13.0 Å². The molecule has 0 radical (unpaired) electrons. The van der Waals surface area contributed by atoms with Gasteiger partial charge in [-0.2, -0.15) is 9.29 Å². The molecule has 4 rings (SSSR count). The molecular weight excluding hydrogens is 460 g/mol. The third-order valence-corrected chi connectivity index (χ3v) is 9.12. The highest BCUT2D eigenvalue weighted by atomic mass is 32.2. The molecule has 3 heterocycles. The number of benzene rings is 1. The Labute approximate surface area is 198 Å². The van der Waals surface area contributed by atoms with Gasteiger partial charge in [0.2, 0.25) is 27.6 Å². The van der Waals surface area contributed by atoms with Crippen molar-refractivity contribution >= 4 is 27.3 Å². The lowest BCUT2D eigenvalue weighted by Crippen LogP contribution is -2.45. The number of nitrogens with one attached hydrogen (secondary N) is 1. The van der Waals surface area contributed by atoms with Crippen molar-refractivity contribution in [2.24, 2.45) is 5.92 Å². The van der Waals surface area contributed by atoms with Crippen molar-refractivity contribution in [2.75, 3.05) is 13.1 Å². The predicted octanol–water partition coefficient (Wildman–Crippen LogP) is 3.69. The first-order valence-electron chi connectivity index (χ1n) is 11.1. The summed E-state index contributed by atoms with van der Waals surface area (Å²) in [4.78, 5) is 18.7. The molecule has 1 fully saturated rings. The Morgan fingerprint density at radius 3 is 2.82 bits per heavy atom. The summed E-state index contributed by atoms with van der Waals surface area (Å²) in [5.74, 6) is 0.421. The number of carbonyl (C=O) groups is 1. The average molecular weight is 489 g/mol. The van der Waals surface area contributed by atoms with Crippen molar-refractivity contribution in [2.45, 2.75) is 51.5 Å². The second-order valence-corrected chi connectivity index (χ2v) is 11.4. The first kappa shape index (κ1) is 23.6. The molecule has 176 valence electrons. The number of amides is 1. The predicted molar refractivity (Wildman–Crippen MR) is 126 cm³/mol. The lowest BCUT2D eigenvalue weighted by atomic mass is 9.98. The van der Waals surface area contributed by atoms with Gasteiger partial charge in [0.15, 0.2) is 0 Å². The molecule has 0 bridgehead atoms. The van der Waals surface area contributed by atoms with Gasteiger partial charge < -0.3 is 9.84 Å². The first-order valence-corrected chi connectivity index (χ1v) is 13.3.